The Morgan fingerprint density at radius 1 is 1.23 bits per heavy atom. The SMILES string of the molecule is O=C(NC1CC2C(CCN3CCc4sc(OCC(F)F)nc4C3)C2C1)c1cccc2ncccc12. The molecule has 0 spiro atoms. The zero-order chi connectivity index (χ0) is 23.9. The van der Waals surface area contributed by atoms with Crippen molar-refractivity contribution < 1.29 is 18.3 Å². The van der Waals surface area contributed by atoms with E-state index in [9.17, 15) is 13.6 Å². The van der Waals surface area contributed by atoms with Crippen LogP contribution in [0.25, 0.3) is 10.9 Å². The Bertz CT molecular complexity index is 1220. The van der Waals surface area contributed by atoms with Crippen molar-refractivity contribution in [2.45, 2.75) is 44.7 Å². The highest BCUT2D eigenvalue weighted by atomic mass is 32.1. The summed E-state index contributed by atoms with van der Waals surface area (Å²) in [7, 11) is 0. The smallest absolute Gasteiger partial charge is 0.273 e. The van der Waals surface area contributed by atoms with Gasteiger partial charge in [0.05, 0.1) is 11.2 Å². The van der Waals surface area contributed by atoms with Crippen LogP contribution in [0.15, 0.2) is 36.5 Å². The fourth-order valence-electron chi connectivity index (χ4n) is 6.03. The zero-order valence-corrected chi connectivity index (χ0v) is 20.1. The van der Waals surface area contributed by atoms with Gasteiger partial charge in [0.1, 0.15) is 0 Å². The van der Waals surface area contributed by atoms with Gasteiger partial charge >= 0.3 is 0 Å². The first-order valence-electron chi connectivity index (χ1n) is 12.3. The number of nitrogens with one attached hydrogen (secondary N) is 1. The normalized spacial score (nSPS) is 25.5. The van der Waals surface area contributed by atoms with Crippen LogP contribution in [-0.2, 0) is 13.0 Å². The van der Waals surface area contributed by atoms with E-state index >= 15 is 0 Å². The lowest BCUT2D eigenvalue weighted by molar-refractivity contribution is 0.0815. The first kappa shape index (κ1) is 22.8. The van der Waals surface area contributed by atoms with Gasteiger partial charge in [0.25, 0.3) is 17.5 Å². The number of rotatable bonds is 8. The molecule has 2 aliphatic carbocycles. The van der Waals surface area contributed by atoms with Gasteiger partial charge in [0.2, 0.25) is 0 Å². The Balaban J connectivity index is 0.965. The summed E-state index contributed by atoms with van der Waals surface area (Å²) in [5, 5.41) is 4.52. The Kier molecular flexibility index (Phi) is 6.14. The van der Waals surface area contributed by atoms with Crippen molar-refractivity contribution >= 4 is 28.1 Å². The minimum Gasteiger partial charge on any atom is -0.464 e. The van der Waals surface area contributed by atoms with Crippen molar-refractivity contribution in [3.05, 3.63) is 52.7 Å². The molecule has 6 rings (SSSR count). The van der Waals surface area contributed by atoms with Crippen LogP contribution in [0.3, 0.4) is 0 Å². The summed E-state index contributed by atoms with van der Waals surface area (Å²) in [6, 6.07) is 9.76. The van der Waals surface area contributed by atoms with Crippen LogP contribution < -0.4 is 10.1 Å². The number of halogens is 2. The number of carbonyl (C=O) groups is 1. The summed E-state index contributed by atoms with van der Waals surface area (Å²) in [4.78, 5) is 25.3. The lowest BCUT2D eigenvalue weighted by Crippen LogP contribution is -2.34. The lowest BCUT2D eigenvalue weighted by atomic mass is 10.0. The first-order valence-corrected chi connectivity index (χ1v) is 13.1. The van der Waals surface area contributed by atoms with Gasteiger partial charge in [-0.2, -0.15) is 0 Å². The van der Waals surface area contributed by atoms with Crippen molar-refractivity contribution in [1.82, 2.24) is 20.2 Å². The molecule has 1 aromatic carbocycles. The second-order valence-electron chi connectivity index (χ2n) is 9.88. The minimum absolute atomic E-state index is 0.00395. The third-order valence-corrected chi connectivity index (χ3v) is 8.82. The molecular formula is C26H28F2N4O2S. The van der Waals surface area contributed by atoms with Crippen LogP contribution in [0, 0.1) is 17.8 Å². The zero-order valence-electron chi connectivity index (χ0n) is 19.3. The van der Waals surface area contributed by atoms with Gasteiger partial charge in [-0.25, -0.2) is 13.8 Å². The molecule has 6 nitrogen and oxygen atoms in total. The summed E-state index contributed by atoms with van der Waals surface area (Å²) in [5.74, 6) is 2.16. The molecule has 2 unspecified atom stereocenters. The summed E-state index contributed by atoms with van der Waals surface area (Å²) in [6.45, 7) is 2.18. The van der Waals surface area contributed by atoms with E-state index in [1.165, 1.54) is 17.8 Å². The summed E-state index contributed by atoms with van der Waals surface area (Å²) in [5.41, 5.74) is 2.52. The highest BCUT2D eigenvalue weighted by molar-refractivity contribution is 7.13. The number of hydrogen-bond donors (Lipinski definition) is 1. The number of pyridine rings is 1. The van der Waals surface area contributed by atoms with E-state index in [0.29, 0.717) is 22.6 Å². The number of nitrogens with zero attached hydrogens (tertiary/aromatic N) is 3. The van der Waals surface area contributed by atoms with Crippen LogP contribution in [0.1, 0.15) is 40.2 Å². The van der Waals surface area contributed by atoms with E-state index in [1.54, 1.807) is 6.20 Å². The number of fused-ring (bicyclic) bond motifs is 3. The van der Waals surface area contributed by atoms with Crippen LogP contribution >= 0.6 is 11.3 Å². The maximum Gasteiger partial charge on any atom is 0.273 e. The topological polar surface area (TPSA) is 67.4 Å². The van der Waals surface area contributed by atoms with Crippen molar-refractivity contribution in [1.29, 1.82) is 0 Å². The number of alkyl halides is 2. The molecule has 9 heteroatoms. The van der Waals surface area contributed by atoms with Gasteiger partial charge in [-0.05, 0) is 68.2 Å². The van der Waals surface area contributed by atoms with Gasteiger partial charge in [-0.3, -0.25) is 14.7 Å². The molecule has 0 radical (unpaired) electrons. The molecule has 1 aliphatic heterocycles. The predicted molar refractivity (Wildman–Crippen MR) is 130 cm³/mol. The fourth-order valence-corrected chi connectivity index (χ4v) is 6.95. The molecule has 0 saturated heterocycles. The molecule has 1 N–H and O–H groups in total. The molecule has 0 bridgehead atoms. The van der Waals surface area contributed by atoms with Gasteiger partial charge in [-0.1, -0.05) is 23.5 Å². The van der Waals surface area contributed by atoms with Gasteiger partial charge in [0, 0.05) is 41.2 Å². The quantitative estimate of drug-likeness (QED) is 0.494. The average molecular weight is 499 g/mol. The monoisotopic (exact) mass is 498 g/mol. The third kappa shape index (κ3) is 4.76. The molecule has 3 aliphatic rings. The van der Waals surface area contributed by atoms with Crippen LogP contribution in [0.5, 0.6) is 5.19 Å². The van der Waals surface area contributed by atoms with E-state index in [1.807, 2.05) is 30.3 Å². The van der Waals surface area contributed by atoms with Crippen molar-refractivity contribution in [3.8, 4) is 5.19 Å². The predicted octanol–water partition coefficient (Wildman–Crippen LogP) is 4.54. The molecular weight excluding hydrogens is 470 g/mol. The second kappa shape index (κ2) is 9.43. The molecule has 2 aromatic heterocycles. The minimum atomic E-state index is -2.48. The van der Waals surface area contributed by atoms with Crippen LogP contribution in [-0.4, -0.2) is 52.9 Å². The van der Waals surface area contributed by atoms with Crippen molar-refractivity contribution in [2.24, 2.45) is 17.8 Å². The molecule has 2 saturated carbocycles. The molecule has 35 heavy (non-hydrogen) atoms. The Labute approximate surface area is 206 Å². The van der Waals surface area contributed by atoms with Crippen molar-refractivity contribution in [3.63, 3.8) is 0 Å². The highest BCUT2D eigenvalue weighted by Gasteiger charge is 2.55. The molecule has 3 heterocycles. The van der Waals surface area contributed by atoms with Gasteiger partial charge in [0.15, 0.2) is 6.61 Å². The number of carbonyl (C=O) groups excluding carboxylic acids is 1. The molecule has 3 aromatic rings. The van der Waals surface area contributed by atoms with E-state index in [0.717, 1.165) is 66.3 Å². The Hall–Kier alpha value is -2.65. The summed E-state index contributed by atoms with van der Waals surface area (Å²) >= 11 is 1.40. The number of hydrogen-bond acceptors (Lipinski definition) is 6. The number of aromatic nitrogens is 2. The molecule has 2 atom stereocenters. The van der Waals surface area contributed by atoms with E-state index < -0.39 is 13.0 Å². The standard InChI is InChI=1S/C26H28F2N4O2S/c27-24(28)14-34-26-31-22-13-32(10-7-23(22)35-26)9-6-16-19-11-15(12-20(16)19)30-25(33)18-3-1-5-21-17(18)4-2-8-29-21/h1-5,8,15-16,19-20,24H,6-7,9-14H2,(H,30,33). The molecule has 2 fully saturated rings. The maximum atomic E-state index is 12.9. The summed E-state index contributed by atoms with van der Waals surface area (Å²) < 4.78 is 29.9. The van der Waals surface area contributed by atoms with Gasteiger partial charge in [-0.15, -0.1) is 0 Å². The van der Waals surface area contributed by atoms with E-state index in [-0.39, 0.29) is 11.9 Å². The second-order valence-corrected chi connectivity index (χ2v) is 10.9. The first-order chi connectivity index (χ1) is 17.0. The number of benzene rings is 1. The van der Waals surface area contributed by atoms with E-state index in [4.69, 9.17) is 4.74 Å². The number of amides is 1. The van der Waals surface area contributed by atoms with Crippen LogP contribution in [0.4, 0.5) is 8.78 Å². The maximum absolute atomic E-state index is 12.9. The lowest BCUT2D eigenvalue weighted by Gasteiger charge is -2.26. The fraction of sp³-hybridized carbons (Fsp3) is 0.500. The number of ether oxygens (including phenoxy) is 1. The van der Waals surface area contributed by atoms with Crippen molar-refractivity contribution in [2.75, 3.05) is 19.7 Å². The highest BCUT2D eigenvalue weighted by Crippen LogP contribution is 2.59. The van der Waals surface area contributed by atoms with E-state index in [2.05, 4.69) is 20.2 Å². The largest absolute Gasteiger partial charge is 0.464 e. The Morgan fingerprint density at radius 3 is 2.91 bits per heavy atom. The molecule has 184 valence electrons. The number of thiazole rings is 1. The molecule has 1 amide bonds. The Morgan fingerprint density at radius 2 is 2.09 bits per heavy atom. The average Bonchev–Trinajstić information content (AvgIpc) is 3.17. The van der Waals surface area contributed by atoms with Gasteiger partial charge < -0.3 is 10.1 Å². The van der Waals surface area contributed by atoms with Crippen LogP contribution in [0.2, 0.25) is 0 Å². The third-order valence-electron chi connectivity index (χ3n) is 7.75. The summed E-state index contributed by atoms with van der Waals surface area (Å²) in [6.07, 6.45) is 3.46.